The molecule has 0 saturated carbocycles. The van der Waals surface area contributed by atoms with E-state index in [0.29, 0.717) is 19.2 Å². The fourth-order valence-corrected chi connectivity index (χ4v) is 3.58. The fourth-order valence-electron chi connectivity index (χ4n) is 3.58. The van der Waals surface area contributed by atoms with Crippen molar-refractivity contribution in [1.29, 1.82) is 0 Å². The third-order valence-electron chi connectivity index (χ3n) is 5.06. The van der Waals surface area contributed by atoms with Gasteiger partial charge in [-0.25, -0.2) is 0 Å². The van der Waals surface area contributed by atoms with Gasteiger partial charge in [0.05, 0.1) is 26.5 Å². The standard InChI is InChI=1S/C19H25N5O3/c1-25-16-5-3-2-4-15(16)6-9-20-17-14-21-23-18(22-17)24-10-7-19(8-11-24)26-12-13-27-19/h2-5,14H,6-13H2,1H3,(H,20,22,23). The van der Waals surface area contributed by atoms with E-state index >= 15 is 0 Å². The number of para-hydroxylation sites is 1. The molecule has 0 radical (unpaired) electrons. The molecule has 2 saturated heterocycles. The Morgan fingerprint density at radius 2 is 1.96 bits per heavy atom. The van der Waals surface area contributed by atoms with Gasteiger partial charge in [0, 0.05) is 32.5 Å². The summed E-state index contributed by atoms with van der Waals surface area (Å²) in [6.45, 7) is 3.70. The van der Waals surface area contributed by atoms with Crippen molar-refractivity contribution < 1.29 is 14.2 Å². The summed E-state index contributed by atoms with van der Waals surface area (Å²) in [6, 6.07) is 8.03. The quantitative estimate of drug-likeness (QED) is 0.824. The van der Waals surface area contributed by atoms with Crippen molar-refractivity contribution in [3.05, 3.63) is 36.0 Å². The zero-order valence-corrected chi connectivity index (χ0v) is 15.6. The molecule has 2 fully saturated rings. The highest BCUT2D eigenvalue weighted by atomic mass is 16.7. The predicted octanol–water partition coefficient (Wildman–Crippen LogP) is 1.88. The second-order valence-corrected chi connectivity index (χ2v) is 6.72. The van der Waals surface area contributed by atoms with Gasteiger partial charge in [0.1, 0.15) is 5.75 Å². The molecule has 8 nitrogen and oxygen atoms in total. The Hall–Kier alpha value is -2.45. The van der Waals surface area contributed by atoms with Crippen molar-refractivity contribution in [3.63, 3.8) is 0 Å². The van der Waals surface area contributed by atoms with Crippen LogP contribution in [0.25, 0.3) is 0 Å². The van der Waals surface area contributed by atoms with E-state index in [1.54, 1.807) is 13.3 Å². The number of nitrogens with zero attached hydrogens (tertiary/aromatic N) is 4. The Morgan fingerprint density at radius 1 is 1.19 bits per heavy atom. The predicted molar refractivity (Wildman–Crippen MR) is 101 cm³/mol. The molecule has 0 amide bonds. The van der Waals surface area contributed by atoms with Gasteiger partial charge in [0.25, 0.3) is 0 Å². The van der Waals surface area contributed by atoms with Crippen LogP contribution in [0.5, 0.6) is 5.75 Å². The summed E-state index contributed by atoms with van der Waals surface area (Å²) in [5.41, 5.74) is 1.16. The van der Waals surface area contributed by atoms with Gasteiger partial charge in [0.15, 0.2) is 11.6 Å². The Bertz CT molecular complexity index is 757. The van der Waals surface area contributed by atoms with Gasteiger partial charge in [0.2, 0.25) is 5.95 Å². The zero-order chi connectivity index (χ0) is 18.5. The van der Waals surface area contributed by atoms with Gasteiger partial charge < -0.3 is 24.4 Å². The summed E-state index contributed by atoms with van der Waals surface area (Å²) in [6.07, 6.45) is 4.13. The van der Waals surface area contributed by atoms with Crippen LogP contribution in [0.4, 0.5) is 11.8 Å². The van der Waals surface area contributed by atoms with E-state index in [-0.39, 0.29) is 0 Å². The molecule has 1 spiro atoms. The third kappa shape index (κ3) is 4.12. The molecule has 8 heteroatoms. The lowest BCUT2D eigenvalue weighted by molar-refractivity contribution is -0.169. The third-order valence-corrected chi connectivity index (χ3v) is 5.06. The number of anilines is 2. The van der Waals surface area contributed by atoms with E-state index in [1.165, 1.54) is 0 Å². The van der Waals surface area contributed by atoms with Crippen LogP contribution in [0.2, 0.25) is 0 Å². The van der Waals surface area contributed by atoms with Crippen LogP contribution in [-0.2, 0) is 15.9 Å². The number of benzene rings is 1. The molecule has 1 aromatic heterocycles. The minimum Gasteiger partial charge on any atom is -0.496 e. The number of nitrogens with one attached hydrogen (secondary N) is 1. The second kappa shape index (κ2) is 8.06. The van der Waals surface area contributed by atoms with Crippen LogP contribution in [-0.4, -0.2) is 60.9 Å². The van der Waals surface area contributed by atoms with Crippen LogP contribution >= 0.6 is 0 Å². The van der Waals surface area contributed by atoms with E-state index < -0.39 is 5.79 Å². The topological polar surface area (TPSA) is 81.6 Å². The minimum absolute atomic E-state index is 0.394. The highest BCUT2D eigenvalue weighted by molar-refractivity contribution is 5.40. The molecular formula is C19H25N5O3. The molecule has 3 heterocycles. The molecule has 2 aliphatic heterocycles. The smallest absolute Gasteiger partial charge is 0.247 e. The van der Waals surface area contributed by atoms with Crippen LogP contribution in [0.3, 0.4) is 0 Å². The van der Waals surface area contributed by atoms with Crippen molar-refractivity contribution in [2.45, 2.75) is 25.0 Å². The van der Waals surface area contributed by atoms with Gasteiger partial charge in [-0.05, 0) is 18.1 Å². The second-order valence-electron chi connectivity index (χ2n) is 6.72. The van der Waals surface area contributed by atoms with Gasteiger partial charge in [-0.3, -0.25) is 0 Å². The molecule has 2 aromatic rings. The van der Waals surface area contributed by atoms with Crippen molar-refractivity contribution in [3.8, 4) is 5.75 Å². The first-order chi connectivity index (χ1) is 13.3. The van der Waals surface area contributed by atoms with E-state index in [0.717, 1.165) is 56.0 Å². The number of piperidine rings is 1. The highest BCUT2D eigenvalue weighted by Gasteiger charge is 2.40. The fraction of sp³-hybridized carbons (Fsp3) is 0.526. The van der Waals surface area contributed by atoms with E-state index in [2.05, 4.69) is 31.5 Å². The average molecular weight is 371 g/mol. The first-order valence-corrected chi connectivity index (χ1v) is 9.36. The molecule has 0 unspecified atom stereocenters. The van der Waals surface area contributed by atoms with E-state index in [9.17, 15) is 0 Å². The monoisotopic (exact) mass is 371 g/mol. The van der Waals surface area contributed by atoms with Crippen molar-refractivity contribution >= 4 is 11.8 Å². The normalized spacial score (nSPS) is 18.6. The van der Waals surface area contributed by atoms with Gasteiger partial charge >= 0.3 is 0 Å². The summed E-state index contributed by atoms with van der Waals surface area (Å²) < 4.78 is 16.9. The highest BCUT2D eigenvalue weighted by Crippen LogP contribution is 2.32. The molecule has 4 rings (SSSR count). The first kappa shape index (κ1) is 17.9. The molecule has 27 heavy (non-hydrogen) atoms. The summed E-state index contributed by atoms with van der Waals surface area (Å²) in [4.78, 5) is 6.75. The molecule has 2 aliphatic rings. The average Bonchev–Trinajstić information content (AvgIpc) is 3.17. The van der Waals surface area contributed by atoms with Gasteiger partial charge in [-0.2, -0.15) is 10.1 Å². The number of methoxy groups -OCH3 is 1. The lowest BCUT2D eigenvalue weighted by atomic mass is 10.0. The molecule has 144 valence electrons. The number of ether oxygens (including phenoxy) is 3. The summed E-state index contributed by atoms with van der Waals surface area (Å²) >= 11 is 0. The Kier molecular flexibility index (Phi) is 5.35. The number of hydrogen-bond acceptors (Lipinski definition) is 8. The summed E-state index contributed by atoms with van der Waals surface area (Å²) in [5, 5.41) is 11.6. The number of aromatic nitrogens is 3. The maximum Gasteiger partial charge on any atom is 0.247 e. The molecule has 0 aliphatic carbocycles. The van der Waals surface area contributed by atoms with Crippen LogP contribution in [0.15, 0.2) is 30.5 Å². The van der Waals surface area contributed by atoms with Crippen LogP contribution < -0.4 is 15.0 Å². The summed E-state index contributed by atoms with van der Waals surface area (Å²) in [5.74, 6) is 1.88. The Balaban J connectivity index is 1.33. The largest absolute Gasteiger partial charge is 0.496 e. The van der Waals surface area contributed by atoms with Crippen molar-refractivity contribution in [2.24, 2.45) is 0 Å². The SMILES string of the molecule is COc1ccccc1CCNc1cnnc(N2CCC3(CC2)OCCO3)n1. The van der Waals surface area contributed by atoms with Crippen LogP contribution in [0, 0.1) is 0 Å². The molecule has 1 N–H and O–H groups in total. The first-order valence-electron chi connectivity index (χ1n) is 9.36. The molecular weight excluding hydrogens is 346 g/mol. The molecule has 0 atom stereocenters. The lowest BCUT2D eigenvalue weighted by Crippen LogP contribution is -2.45. The molecule has 0 bridgehead atoms. The van der Waals surface area contributed by atoms with Crippen molar-refractivity contribution in [1.82, 2.24) is 15.2 Å². The van der Waals surface area contributed by atoms with Crippen LogP contribution in [0.1, 0.15) is 18.4 Å². The Morgan fingerprint density at radius 3 is 2.74 bits per heavy atom. The number of rotatable bonds is 6. The van der Waals surface area contributed by atoms with E-state index in [4.69, 9.17) is 14.2 Å². The Labute approximate surface area is 158 Å². The van der Waals surface area contributed by atoms with E-state index in [1.807, 2.05) is 18.2 Å². The lowest BCUT2D eigenvalue weighted by Gasteiger charge is -2.37. The minimum atomic E-state index is -0.394. The molecule has 1 aromatic carbocycles. The van der Waals surface area contributed by atoms with Crippen molar-refractivity contribution in [2.75, 3.05) is 50.2 Å². The maximum atomic E-state index is 5.78. The maximum absolute atomic E-state index is 5.78. The number of hydrogen-bond donors (Lipinski definition) is 1. The zero-order valence-electron chi connectivity index (χ0n) is 15.6. The summed E-state index contributed by atoms with van der Waals surface area (Å²) in [7, 11) is 1.69. The van der Waals surface area contributed by atoms with Gasteiger partial charge in [-0.1, -0.05) is 18.2 Å². The van der Waals surface area contributed by atoms with Gasteiger partial charge in [-0.15, -0.1) is 5.10 Å².